The van der Waals surface area contributed by atoms with Crippen LogP contribution in [-0.2, 0) is 6.42 Å². The molecule has 1 unspecified atom stereocenters. The van der Waals surface area contributed by atoms with Gasteiger partial charge in [0.15, 0.2) is 11.5 Å². The summed E-state index contributed by atoms with van der Waals surface area (Å²) in [6.07, 6.45) is 4.71. The Hall–Kier alpha value is -3.47. The second-order valence-electron chi connectivity index (χ2n) is 8.80. The average Bonchev–Trinajstić information content (AvgIpc) is 3.37. The molecule has 4 rings (SSSR count). The highest BCUT2D eigenvalue weighted by atomic mass is 16.5. The summed E-state index contributed by atoms with van der Waals surface area (Å²) >= 11 is 0. The van der Waals surface area contributed by atoms with Crippen molar-refractivity contribution in [3.05, 3.63) is 89.5 Å². The Morgan fingerprint density at radius 1 is 0.971 bits per heavy atom. The SMILES string of the molecule is CCN(C(=O)O)c1ccc(CC(c2ccccc2)c2ccc(OC)c(OC3CCCC3)c2)cc1. The molecule has 0 radical (unpaired) electrons. The third kappa shape index (κ3) is 5.53. The molecule has 0 aromatic heterocycles. The van der Waals surface area contributed by atoms with Crippen LogP contribution in [0.1, 0.15) is 55.2 Å². The molecule has 3 aromatic carbocycles. The Kier molecular flexibility index (Phi) is 7.73. The van der Waals surface area contributed by atoms with Gasteiger partial charge in [0, 0.05) is 18.2 Å². The van der Waals surface area contributed by atoms with Crippen molar-refractivity contribution in [2.24, 2.45) is 0 Å². The zero-order valence-corrected chi connectivity index (χ0v) is 19.9. The maximum atomic E-state index is 11.5. The van der Waals surface area contributed by atoms with E-state index in [0.717, 1.165) is 36.3 Å². The minimum absolute atomic E-state index is 0.130. The van der Waals surface area contributed by atoms with Crippen molar-refractivity contribution in [3.8, 4) is 11.5 Å². The van der Waals surface area contributed by atoms with Gasteiger partial charge in [0.2, 0.25) is 0 Å². The zero-order chi connectivity index (χ0) is 23.9. The number of carboxylic acid groups (broad SMARTS) is 1. The number of benzene rings is 3. The van der Waals surface area contributed by atoms with Crippen LogP contribution in [0.5, 0.6) is 11.5 Å². The minimum atomic E-state index is -0.939. The molecule has 1 amide bonds. The number of hydrogen-bond acceptors (Lipinski definition) is 3. The Bertz CT molecular complexity index is 1080. The van der Waals surface area contributed by atoms with E-state index in [1.807, 2.05) is 43.3 Å². The number of ether oxygens (including phenoxy) is 2. The van der Waals surface area contributed by atoms with Crippen LogP contribution in [0.25, 0.3) is 0 Å². The van der Waals surface area contributed by atoms with Crippen LogP contribution in [0, 0.1) is 0 Å². The molecular formula is C29H33NO4. The fraction of sp³-hybridized carbons (Fsp3) is 0.345. The third-order valence-electron chi connectivity index (χ3n) is 6.62. The van der Waals surface area contributed by atoms with Gasteiger partial charge in [-0.15, -0.1) is 0 Å². The summed E-state index contributed by atoms with van der Waals surface area (Å²) < 4.78 is 12.0. The quantitative estimate of drug-likeness (QED) is 0.378. The molecule has 1 atom stereocenters. The molecule has 3 aromatic rings. The van der Waals surface area contributed by atoms with Crippen molar-refractivity contribution in [3.63, 3.8) is 0 Å². The molecule has 1 aliphatic carbocycles. The summed E-state index contributed by atoms with van der Waals surface area (Å²) in [5.41, 5.74) is 4.23. The van der Waals surface area contributed by atoms with E-state index in [0.29, 0.717) is 12.2 Å². The van der Waals surface area contributed by atoms with Crippen molar-refractivity contribution in [2.45, 2.75) is 51.0 Å². The fourth-order valence-corrected chi connectivity index (χ4v) is 4.78. The molecular weight excluding hydrogens is 426 g/mol. The van der Waals surface area contributed by atoms with Crippen molar-refractivity contribution in [2.75, 3.05) is 18.6 Å². The van der Waals surface area contributed by atoms with Crippen molar-refractivity contribution < 1.29 is 19.4 Å². The van der Waals surface area contributed by atoms with Gasteiger partial charge in [-0.25, -0.2) is 4.79 Å². The molecule has 1 aliphatic rings. The number of hydrogen-bond donors (Lipinski definition) is 1. The standard InChI is InChI=1S/C29H33NO4/c1-3-30(29(31)32)24-16-13-21(14-17-24)19-26(22-9-5-4-6-10-22)23-15-18-27(33-2)28(20-23)34-25-11-7-8-12-25/h4-6,9-10,13-18,20,25-26H,3,7-8,11-12,19H2,1-2H3,(H,31,32). The number of rotatable bonds is 9. The Morgan fingerprint density at radius 3 is 2.29 bits per heavy atom. The van der Waals surface area contributed by atoms with Crippen LogP contribution in [-0.4, -0.2) is 31.0 Å². The Balaban J connectivity index is 1.64. The molecule has 0 saturated heterocycles. The number of anilines is 1. The highest BCUT2D eigenvalue weighted by Crippen LogP contribution is 2.37. The van der Waals surface area contributed by atoms with E-state index in [2.05, 4.69) is 36.4 Å². The molecule has 0 spiro atoms. The van der Waals surface area contributed by atoms with Gasteiger partial charge in [0.25, 0.3) is 0 Å². The van der Waals surface area contributed by atoms with E-state index in [4.69, 9.17) is 9.47 Å². The predicted molar refractivity (Wildman–Crippen MR) is 135 cm³/mol. The second-order valence-corrected chi connectivity index (χ2v) is 8.80. The van der Waals surface area contributed by atoms with Crippen LogP contribution in [0.2, 0.25) is 0 Å². The first-order valence-electron chi connectivity index (χ1n) is 12.1. The van der Waals surface area contributed by atoms with Gasteiger partial charge in [0.1, 0.15) is 0 Å². The smallest absolute Gasteiger partial charge is 0.411 e. The monoisotopic (exact) mass is 459 g/mol. The number of carbonyl (C=O) groups is 1. The van der Waals surface area contributed by atoms with Crippen LogP contribution >= 0.6 is 0 Å². The highest BCUT2D eigenvalue weighted by molar-refractivity contribution is 5.85. The topological polar surface area (TPSA) is 59.0 Å². The molecule has 1 N–H and O–H groups in total. The zero-order valence-electron chi connectivity index (χ0n) is 19.9. The third-order valence-corrected chi connectivity index (χ3v) is 6.62. The highest BCUT2D eigenvalue weighted by Gasteiger charge is 2.22. The van der Waals surface area contributed by atoms with Gasteiger partial charge in [-0.3, -0.25) is 4.90 Å². The lowest BCUT2D eigenvalue weighted by molar-refractivity contribution is 0.200. The Labute approximate surface area is 201 Å². The largest absolute Gasteiger partial charge is 0.493 e. The molecule has 0 bridgehead atoms. The van der Waals surface area contributed by atoms with Crippen LogP contribution in [0.4, 0.5) is 10.5 Å². The van der Waals surface area contributed by atoms with Crippen molar-refractivity contribution in [1.29, 1.82) is 0 Å². The van der Waals surface area contributed by atoms with Crippen LogP contribution in [0.15, 0.2) is 72.8 Å². The molecule has 1 saturated carbocycles. The summed E-state index contributed by atoms with van der Waals surface area (Å²) in [5.74, 6) is 1.70. The minimum Gasteiger partial charge on any atom is -0.493 e. The maximum Gasteiger partial charge on any atom is 0.411 e. The van der Waals surface area contributed by atoms with E-state index in [9.17, 15) is 9.90 Å². The van der Waals surface area contributed by atoms with Crippen LogP contribution in [0.3, 0.4) is 0 Å². The molecule has 0 aliphatic heterocycles. The van der Waals surface area contributed by atoms with E-state index < -0.39 is 6.09 Å². The average molecular weight is 460 g/mol. The van der Waals surface area contributed by atoms with Gasteiger partial charge in [-0.05, 0) is 80.0 Å². The first-order chi connectivity index (χ1) is 16.6. The van der Waals surface area contributed by atoms with Crippen LogP contribution < -0.4 is 14.4 Å². The lowest BCUT2D eigenvalue weighted by Gasteiger charge is -2.22. The lowest BCUT2D eigenvalue weighted by Crippen LogP contribution is -2.28. The Morgan fingerprint density at radius 2 is 1.68 bits per heavy atom. The van der Waals surface area contributed by atoms with E-state index >= 15 is 0 Å². The summed E-state index contributed by atoms with van der Waals surface area (Å²) in [5, 5.41) is 9.41. The summed E-state index contributed by atoms with van der Waals surface area (Å²) in [6, 6.07) is 24.6. The first-order valence-corrected chi connectivity index (χ1v) is 12.1. The second kappa shape index (κ2) is 11.1. The number of methoxy groups -OCH3 is 1. The summed E-state index contributed by atoms with van der Waals surface area (Å²) in [6.45, 7) is 2.25. The van der Waals surface area contributed by atoms with Gasteiger partial charge in [-0.1, -0.05) is 48.5 Å². The van der Waals surface area contributed by atoms with Gasteiger partial charge in [0.05, 0.1) is 13.2 Å². The van der Waals surface area contributed by atoms with Gasteiger partial charge >= 0.3 is 6.09 Å². The molecule has 178 valence electrons. The molecule has 0 heterocycles. The van der Waals surface area contributed by atoms with E-state index in [-0.39, 0.29) is 12.0 Å². The number of nitrogens with zero attached hydrogens (tertiary/aromatic N) is 1. The first kappa shape index (κ1) is 23.7. The van der Waals surface area contributed by atoms with Gasteiger partial charge < -0.3 is 14.6 Å². The predicted octanol–water partition coefficient (Wildman–Crippen LogP) is 6.90. The van der Waals surface area contributed by atoms with Crippen molar-refractivity contribution >= 4 is 11.8 Å². The van der Waals surface area contributed by atoms with E-state index in [1.165, 1.54) is 28.9 Å². The summed E-state index contributed by atoms with van der Waals surface area (Å²) in [4.78, 5) is 12.8. The molecule has 1 fully saturated rings. The summed E-state index contributed by atoms with van der Waals surface area (Å²) in [7, 11) is 1.68. The molecule has 34 heavy (non-hydrogen) atoms. The molecule has 5 heteroatoms. The maximum absolute atomic E-state index is 11.5. The number of amides is 1. The normalized spacial score (nSPS) is 14.5. The van der Waals surface area contributed by atoms with Crippen molar-refractivity contribution in [1.82, 2.24) is 0 Å². The lowest BCUT2D eigenvalue weighted by atomic mass is 9.85. The fourth-order valence-electron chi connectivity index (χ4n) is 4.78. The van der Waals surface area contributed by atoms with E-state index in [1.54, 1.807) is 7.11 Å². The molecule has 5 nitrogen and oxygen atoms in total. The van der Waals surface area contributed by atoms with Gasteiger partial charge in [-0.2, -0.15) is 0 Å².